The lowest BCUT2D eigenvalue weighted by atomic mass is 10.2. The van der Waals surface area contributed by atoms with E-state index < -0.39 is 0 Å². The van der Waals surface area contributed by atoms with Crippen LogP contribution in [0.3, 0.4) is 0 Å². The maximum atomic E-state index is 12.4. The quantitative estimate of drug-likeness (QED) is 0.388. The van der Waals surface area contributed by atoms with E-state index in [1.54, 1.807) is 36.2 Å². The van der Waals surface area contributed by atoms with Crippen LogP contribution in [0.25, 0.3) is 22.8 Å². The molecule has 2 aromatic heterocycles. The first kappa shape index (κ1) is 19.9. The van der Waals surface area contributed by atoms with Gasteiger partial charge in [-0.15, -0.1) is 10.2 Å². The third-order valence-corrected chi connectivity index (χ3v) is 4.96. The molecule has 0 saturated heterocycles. The zero-order valence-electron chi connectivity index (χ0n) is 16.1. The Morgan fingerprint density at radius 2 is 1.77 bits per heavy atom. The minimum atomic E-state index is -0.155. The smallest absolute Gasteiger partial charge is 0.260 e. The second kappa shape index (κ2) is 8.96. The maximum absolute atomic E-state index is 12.4. The molecule has 0 aliphatic rings. The van der Waals surface area contributed by atoms with Crippen molar-refractivity contribution in [2.45, 2.75) is 6.54 Å². The molecule has 7 nitrogen and oxygen atoms in total. The summed E-state index contributed by atoms with van der Waals surface area (Å²) in [6.45, 7) is 0.283. The van der Waals surface area contributed by atoms with Crippen LogP contribution in [-0.4, -0.2) is 34.7 Å². The molecule has 0 unspecified atom stereocenters. The average molecular weight is 468 g/mol. The molecule has 152 valence electrons. The van der Waals surface area contributed by atoms with Crippen molar-refractivity contribution >= 4 is 21.8 Å². The van der Waals surface area contributed by atoms with Gasteiger partial charge in [0, 0.05) is 22.6 Å². The van der Waals surface area contributed by atoms with E-state index in [1.807, 2.05) is 36.4 Å². The molecule has 0 aliphatic heterocycles. The fourth-order valence-corrected chi connectivity index (χ4v) is 3.07. The number of furan rings is 1. The van der Waals surface area contributed by atoms with Crippen LogP contribution in [0.2, 0.25) is 0 Å². The monoisotopic (exact) mass is 467 g/mol. The first-order valence-electron chi connectivity index (χ1n) is 9.16. The van der Waals surface area contributed by atoms with Crippen molar-refractivity contribution in [3.05, 3.63) is 77.3 Å². The molecule has 2 heterocycles. The van der Waals surface area contributed by atoms with Gasteiger partial charge in [-0.05, 0) is 48.5 Å². The Kier molecular flexibility index (Phi) is 5.94. The van der Waals surface area contributed by atoms with E-state index in [4.69, 9.17) is 13.6 Å². The minimum Gasteiger partial charge on any atom is -0.484 e. The van der Waals surface area contributed by atoms with E-state index in [0.717, 1.165) is 21.4 Å². The molecular formula is C22H18BrN3O4. The highest BCUT2D eigenvalue weighted by Crippen LogP contribution is 2.24. The number of carbonyl (C=O) groups excluding carboxylic acids is 1. The molecule has 0 saturated carbocycles. The number of benzene rings is 2. The van der Waals surface area contributed by atoms with Gasteiger partial charge in [0.05, 0.1) is 6.54 Å². The summed E-state index contributed by atoms with van der Waals surface area (Å²) in [5, 5.41) is 7.50. The zero-order chi connectivity index (χ0) is 20.9. The van der Waals surface area contributed by atoms with E-state index in [0.29, 0.717) is 23.9 Å². The minimum absolute atomic E-state index is 0.0727. The normalized spacial score (nSPS) is 10.7. The van der Waals surface area contributed by atoms with Gasteiger partial charge in [-0.1, -0.05) is 28.1 Å². The van der Waals surface area contributed by atoms with E-state index in [2.05, 4.69) is 26.1 Å². The number of ether oxygens (including phenoxy) is 1. The fourth-order valence-electron chi connectivity index (χ4n) is 2.80. The third kappa shape index (κ3) is 4.77. The number of hydrogen-bond acceptors (Lipinski definition) is 6. The Morgan fingerprint density at radius 3 is 2.47 bits per heavy atom. The molecule has 0 spiro atoms. The van der Waals surface area contributed by atoms with Crippen LogP contribution >= 0.6 is 15.9 Å². The van der Waals surface area contributed by atoms with Crippen molar-refractivity contribution < 1.29 is 18.4 Å². The van der Waals surface area contributed by atoms with Gasteiger partial charge >= 0.3 is 0 Å². The van der Waals surface area contributed by atoms with Gasteiger partial charge in [-0.3, -0.25) is 4.79 Å². The van der Waals surface area contributed by atoms with E-state index in [-0.39, 0.29) is 12.5 Å². The number of halogens is 1. The molecule has 0 radical (unpaired) electrons. The standard InChI is InChI=1S/C22H18BrN3O4/c1-26(12-19-10-11-20(30-19)15-2-6-17(23)7-3-15)21(27)13-28-18-8-4-16(5-9-18)22-25-24-14-29-22/h2-11,14H,12-13H2,1H3. The summed E-state index contributed by atoms with van der Waals surface area (Å²) in [6.07, 6.45) is 1.27. The molecular weight excluding hydrogens is 450 g/mol. The molecule has 0 bridgehead atoms. The van der Waals surface area contributed by atoms with E-state index in [1.165, 1.54) is 6.39 Å². The number of carbonyl (C=O) groups is 1. The Labute approximate surface area is 181 Å². The van der Waals surface area contributed by atoms with Crippen LogP contribution in [0.15, 0.2) is 80.4 Å². The molecule has 0 aliphatic carbocycles. The Bertz CT molecular complexity index is 1110. The first-order chi connectivity index (χ1) is 14.6. The highest BCUT2D eigenvalue weighted by atomic mass is 79.9. The summed E-state index contributed by atoms with van der Waals surface area (Å²) in [5.74, 6) is 2.31. The molecule has 8 heteroatoms. The van der Waals surface area contributed by atoms with Crippen molar-refractivity contribution in [3.63, 3.8) is 0 Å². The number of nitrogens with zero attached hydrogens (tertiary/aromatic N) is 3. The zero-order valence-corrected chi connectivity index (χ0v) is 17.7. The topological polar surface area (TPSA) is 81.6 Å². The van der Waals surface area contributed by atoms with E-state index >= 15 is 0 Å². The highest BCUT2D eigenvalue weighted by molar-refractivity contribution is 9.10. The lowest BCUT2D eigenvalue weighted by molar-refractivity contribution is -0.132. The van der Waals surface area contributed by atoms with Gasteiger partial charge in [-0.25, -0.2) is 0 Å². The average Bonchev–Trinajstić information content (AvgIpc) is 3.45. The summed E-state index contributed by atoms with van der Waals surface area (Å²) in [7, 11) is 1.71. The molecule has 0 atom stereocenters. The van der Waals surface area contributed by atoms with Crippen LogP contribution in [0.1, 0.15) is 5.76 Å². The summed E-state index contributed by atoms with van der Waals surface area (Å²) in [5.41, 5.74) is 1.76. The third-order valence-electron chi connectivity index (χ3n) is 4.43. The number of hydrogen-bond donors (Lipinski definition) is 0. The van der Waals surface area contributed by atoms with Crippen molar-refractivity contribution in [1.82, 2.24) is 15.1 Å². The lowest BCUT2D eigenvalue weighted by Gasteiger charge is -2.16. The van der Waals surface area contributed by atoms with Crippen LogP contribution in [0.5, 0.6) is 5.75 Å². The van der Waals surface area contributed by atoms with Crippen LogP contribution < -0.4 is 4.74 Å². The largest absolute Gasteiger partial charge is 0.484 e. The molecule has 30 heavy (non-hydrogen) atoms. The molecule has 0 fully saturated rings. The van der Waals surface area contributed by atoms with Crippen LogP contribution in [0, 0.1) is 0 Å². The number of rotatable bonds is 7. The molecule has 4 rings (SSSR count). The van der Waals surface area contributed by atoms with Gasteiger partial charge in [0.25, 0.3) is 5.91 Å². The SMILES string of the molecule is CN(Cc1ccc(-c2ccc(Br)cc2)o1)C(=O)COc1ccc(-c2nnco2)cc1. The van der Waals surface area contributed by atoms with Crippen LogP contribution in [0.4, 0.5) is 0 Å². The maximum Gasteiger partial charge on any atom is 0.260 e. The van der Waals surface area contributed by atoms with Gasteiger partial charge in [0.2, 0.25) is 12.3 Å². The van der Waals surface area contributed by atoms with Crippen molar-refractivity contribution in [2.24, 2.45) is 0 Å². The summed E-state index contributed by atoms with van der Waals surface area (Å²) >= 11 is 3.42. The van der Waals surface area contributed by atoms with Gasteiger partial charge in [0.1, 0.15) is 17.3 Å². The molecule has 2 aromatic carbocycles. The summed E-state index contributed by atoms with van der Waals surface area (Å²) in [4.78, 5) is 14.0. The van der Waals surface area contributed by atoms with Gasteiger partial charge < -0.3 is 18.5 Å². The van der Waals surface area contributed by atoms with Gasteiger partial charge in [0.15, 0.2) is 6.61 Å². The van der Waals surface area contributed by atoms with Gasteiger partial charge in [-0.2, -0.15) is 0 Å². The van der Waals surface area contributed by atoms with Crippen molar-refractivity contribution in [2.75, 3.05) is 13.7 Å². The predicted octanol–water partition coefficient (Wildman–Crippen LogP) is 4.80. The fraction of sp³-hybridized carbons (Fsp3) is 0.136. The van der Waals surface area contributed by atoms with Crippen molar-refractivity contribution in [3.8, 4) is 28.5 Å². The Balaban J connectivity index is 1.30. The molecule has 1 amide bonds. The highest BCUT2D eigenvalue weighted by Gasteiger charge is 2.13. The Morgan fingerprint density at radius 1 is 1.03 bits per heavy atom. The molecule has 0 N–H and O–H groups in total. The van der Waals surface area contributed by atoms with Crippen molar-refractivity contribution in [1.29, 1.82) is 0 Å². The number of amides is 1. The first-order valence-corrected chi connectivity index (χ1v) is 9.96. The second-order valence-electron chi connectivity index (χ2n) is 6.58. The summed E-state index contributed by atoms with van der Waals surface area (Å²) < 4.78 is 17.6. The summed E-state index contributed by atoms with van der Waals surface area (Å²) in [6, 6.07) is 18.7. The lowest BCUT2D eigenvalue weighted by Crippen LogP contribution is -2.30. The number of aromatic nitrogens is 2. The molecule has 4 aromatic rings. The van der Waals surface area contributed by atoms with E-state index in [9.17, 15) is 4.79 Å². The predicted molar refractivity (Wildman–Crippen MR) is 114 cm³/mol. The Hall–Kier alpha value is -3.39. The second-order valence-corrected chi connectivity index (χ2v) is 7.50. The number of likely N-dealkylation sites (N-methyl/N-ethyl adjacent to an activating group) is 1. The van der Waals surface area contributed by atoms with Crippen LogP contribution in [-0.2, 0) is 11.3 Å².